The molecule has 53 heavy (non-hydrogen) atoms. The maximum atomic E-state index is 12.6. The van der Waals surface area contributed by atoms with Crippen molar-refractivity contribution in [2.75, 3.05) is 13.2 Å². The van der Waals surface area contributed by atoms with Crippen molar-refractivity contribution in [1.82, 2.24) is 0 Å². The van der Waals surface area contributed by atoms with Crippen LogP contribution in [0.1, 0.15) is 188 Å². The molecule has 0 amide bonds. The Bertz CT molecular complexity index is 1030. The van der Waals surface area contributed by atoms with Gasteiger partial charge in [-0.2, -0.15) is 0 Å². The van der Waals surface area contributed by atoms with Gasteiger partial charge < -0.3 is 14.2 Å². The first-order chi connectivity index (χ1) is 26.0. The number of unbranched alkanes of at least 4 members (excludes halogenated alkanes) is 14. The van der Waals surface area contributed by atoms with E-state index in [1.807, 2.05) is 0 Å². The third-order valence-electron chi connectivity index (χ3n) is 8.70. The fourth-order valence-electron chi connectivity index (χ4n) is 5.46. The Labute approximate surface area is 325 Å². The van der Waals surface area contributed by atoms with E-state index in [4.69, 9.17) is 14.2 Å². The van der Waals surface area contributed by atoms with Crippen molar-refractivity contribution < 1.29 is 28.6 Å². The number of allylic oxidation sites excluding steroid dienone is 12. The number of carbonyl (C=O) groups is 3. The predicted octanol–water partition coefficient (Wildman–Crippen LogP) is 13.5. The van der Waals surface area contributed by atoms with Crippen LogP contribution in [0.5, 0.6) is 0 Å². The summed E-state index contributed by atoms with van der Waals surface area (Å²) < 4.78 is 16.5. The molecule has 0 spiro atoms. The molecule has 0 heterocycles. The van der Waals surface area contributed by atoms with Crippen LogP contribution < -0.4 is 0 Å². The largest absolute Gasteiger partial charge is 0.462 e. The van der Waals surface area contributed by atoms with Crippen LogP contribution in [0.3, 0.4) is 0 Å². The molecule has 0 aromatic heterocycles. The average Bonchev–Trinajstić information content (AvgIpc) is 3.15. The summed E-state index contributed by atoms with van der Waals surface area (Å²) in [7, 11) is 0. The zero-order valence-corrected chi connectivity index (χ0v) is 34.3. The van der Waals surface area contributed by atoms with E-state index in [-0.39, 0.29) is 37.5 Å². The molecule has 0 saturated carbocycles. The van der Waals surface area contributed by atoms with Gasteiger partial charge in [0.2, 0.25) is 0 Å². The Kier molecular flexibility index (Phi) is 39.1. The maximum Gasteiger partial charge on any atom is 0.306 e. The summed E-state index contributed by atoms with van der Waals surface area (Å²) in [5, 5.41) is 0. The topological polar surface area (TPSA) is 78.9 Å². The highest BCUT2D eigenvalue weighted by Gasteiger charge is 2.19. The monoisotopic (exact) mass is 739 g/mol. The second-order valence-corrected chi connectivity index (χ2v) is 13.9. The van der Waals surface area contributed by atoms with Gasteiger partial charge in [-0.1, -0.05) is 164 Å². The summed E-state index contributed by atoms with van der Waals surface area (Å²) in [5.74, 6) is -0.984. The second kappa shape index (κ2) is 41.6. The molecule has 0 aliphatic carbocycles. The summed E-state index contributed by atoms with van der Waals surface area (Å²) in [5.41, 5.74) is 0. The number of ether oxygens (including phenoxy) is 3. The molecule has 0 aromatic rings. The van der Waals surface area contributed by atoms with Gasteiger partial charge in [0.25, 0.3) is 0 Å². The number of rotatable bonds is 37. The van der Waals surface area contributed by atoms with Crippen LogP contribution in [-0.2, 0) is 28.6 Å². The minimum atomic E-state index is -0.796. The molecule has 0 N–H and O–H groups in total. The van der Waals surface area contributed by atoms with Crippen molar-refractivity contribution >= 4 is 17.9 Å². The predicted molar refractivity (Wildman–Crippen MR) is 224 cm³/mol. The molecule has 0 fully saturated rings. The highest BCUT2D eigenvalue weighted by Crippen LogP contribution is 2.12. The van der Waals surface area contributed by atoms with E-state index in [1.54, 1.807) is 0 Å². The normalized spacial score (nSPS) is 12.7. The number of hydrogen-bond donors (Lipinski definition) is 0. The zero-order chi connectivity index (χ0) is 38.7. The molecule has 0 aromatic carbocycles. The van der Waals surface area contributed by atoms with Crippen molar-refractivity contribution in [3.05, 3.63) is 72.9 Å². The van der Waals surface area contributed by atoms with Crippen LogP contribution in [0.4, 0.5) is 0 Å². The van der Waals surface area contributed by atoms with E-state index < -0.39 is 6.10 Å². The number of carbonyl (C=O) groups excluding carboxylic acids is 3. The van der Waals surface area contributed by atoms with Crippen molar-refractivity contribution in [2.24, 2.45) is 0 Å². The second-order valence-electron chi connectivity index (χ2n) is 13.9. The van der Waals surface area contributed by atoms with Crippen LogP contribution in [0.2, 0.25) is 0 Å². The van der Waals surface area contributed by atoms with Crippen LogP contribution in [0.25, 0.3) is 0 Å². The van der Waals surface area contributed by atoms with Gasteiger partial charge in [0.1, 0.15) is 13.2 Å². The fraction of sp³-hybridized carbons (Fsp3) is 0.681. The van der Waals surface area contributed by atoms with Crippen LogP contribution in [-0.4, -0.2) is 37.2 Å². The Hall–Kier alpha value is -3.15. The van der Waals surface area contributed by atoms with E-state index in [2.05, 4.69) is 93.7 Å². The van der Waals surface area contributed by atoms with Crippen molar-refractivity contribution in [3.63, 3.8) is 0 Å². The lowest BCUT2D eigenvalue weighted by Crippen LogP contribution is -2.30. The van der Waals surface area contributed by atoms with Gasteiger partial charge in [0.05, 0.1) is 0 Å². The highest BCUT2D eigenvalue weighted by molar-refractivity contribution is 5.71. The van der Waals surface area contributed by atoms with Gasteiger partial charge in [-0.3, -0.25) is 14.4 Å². The van der Waals surface area contributed by atoms with Crippen LogP contribution in [0, 0.1) is 0 Å². The molecule has 302 valence electrons. The molecule has 0 aliphatic rings. The molecule has 1 unspecified atom stereocenters. The SMILES string of the molecule is CC/C=C\C/C=C\C/C=C\C/C=C\C/C=C\CCCC(=O)OCC(COC(=O)CCCCCCCCC)OC(=O)CCCCCCC/C=C\CCCC. The lowest BCUT2D eigenvalue weighted by molar-refractivity contribution is -0.167. The minimum Gasteiger partial charge on any atom is -0.462 e. The Balaban J connectivity index is 4.43. The van der Waals surface area contributed by atoms with Gasteiger partial charge in [-0.15, -0.1) is 0 Å². The van der Waals surface area contributed by atoms with Gasteiger partial charge in [-0.25, -0.2) is 0 Å². The number of hydrogen-bond acceptors (Lipinski definition) is 6. The zero-order valence-electron chi connectivity index (χ0n) is 34.3. The molecule has 0 rings (SSSR count). The van der Waals surface area contributed by atoms with Crippen LogP contribution in [0.15, 0.2) is 72.9 Å². The maximum absolute atomic E-state index is 12.6. The molecule has 0 bridgehead atoms. The first-order valence-electron chi connectivity index (χ1n) is 21.4. The fourth-order valence-corrected chi connectivity index (χ4v) is 5.46. The minimum absolute atomic E-state index is 0.0971. The molecule has 0 saturated heterocycles. The summed E-state index contributed by atoms with van der Waals surface area (Å²) >= 11 is 0. The summed E-state index contributed by atoms with van der Waals surface area (Å²) in [6, 6.07) is 0. The summed E-state index contributed by atoms with van der Waals surface area (Å²) in [6.45, 7) is 6.35. The lowest BCUT2D eigenvalue weighted by atomic mass is 10.1. The van der Waals surface area contributed by atoms with Crippen molar-refractivity contribution in [3.8, 4) is 0 Å². The molecule has 1 atom stereocenters. The molecule has 6 nitrogen and oxygen atoms in total. The molecular formula is C47H78O6. The first kappa shape index (κ1) is 49.9. The Morgan fingerprint density at radius 1 is 0.396 bits per heavy atom. The van der Waals surface area contributed by atoms with E-state index in [1.165, 1.54) is 51.4 Å². The third-order valence-corrected chi connectivity index (χ3v) is 8.70. The van der Waals surface area contributed by atoms with Gasteiger partial charge in [0, 0.05) is 19.3 Å². The first-order valence-corrected chi connectivity index (χ1v) is 21.4. The van der Waals surface area contributed by atoms with Gasteiger partial charge in [-0.05, 0) is 77.0 Å². The standard InChI is InChI=1S/C47H78O6/c1-4-7-10-13-16-18-20-21-22-23-24-25-27-28-31-34-37-40-46(49)52-43-44(42-51-45(48)39-36-33-30-15-12-9-6-3)53-47(50)41-38-35-32-29-26-19-17-14-11-8-5-2/h7,10,14,16-18,21-22,24-25,28,31,44H,4-6,8-9,11-13,15,19-20,23,26-27,29-30,32-43H2,1-3H3/b10-7-,17-14-,18-16-,22-21-,25-24-,31-28-. The third kappa shape index (κ3) is 39.9. The quantitative estimate of drug-likeness (QED) is 0.0273. The Morgan fingerprint density at radius 2 is 0.774 bits per heavy atom. The van der Waals surface area contributed by atoms with E-state index in [9.17, 15) is 14.4 Å². The average molecular weight is 739 g/mol. The highest BCUT2D eigenvalue weighted by atomic mass is 16.6. The number of esters is 3. The van der Waals surface area contributed by atoms with Crippen LogP contribution >= 0.6 is 0 Å². The summed E-state index contributed by atoms with van der Waals surface area (Å²) in [6.07, 6.45) is 50.4. The van der Waals surface area contributed by atoms with E-state index in [0.717, 1.165) is 89.9 Å². The smallest absolute Gasteiger partial charge is 0.306 e. The van der Waals surface area contributed by atoms with E-state index >= 15 is 0 Å². The molecular weight excluding hydrogens is 661 g/mol. The van der Waals surface area contributed by atoms with Gasteiger partial charge >= 0.3 is 17.9 Å². The lowest BCUT2D eigenvalue weighted by Gasteiger charge is -2.18. The summed E-state index contributed by atoms with van der Waals surface area (Å²) in [4.78, 5) is 37.5. The van der Waals surface area contributed by atoms with E-state index in [0.29, 0.717) is 19.3 Å². The van der Waals surface area contributed by atoms with Crippen molar-refractivity contribution in [1.29, 1.82) is 0 Å². The molecule has 0 radical (unpaired) electrons. The van der Waals surface area contributed by atoms with Crippen molar-refractivity contribution in [2.45, 2.75) is 194 Å². The Morgan fingerprint density at radius 3 is 1.30 bits per heavy atom. The molecule has 6 heteroatoms. The van der Waals surface area contributed by atoms with Gasteiger partial charge in [0.15, 0.2) is 6.10 Å². The molecule has 0 aliphatic heterocycles.